The molecule has 0 aliphatic carbocycles. The van der Waals surface area contributed by atoms with Crippen molar-refractivity contribution in [3.8, 4) is 5.75 Å². The highest BCUT2D eigenvalue weighted by Crippen LogP contribution is 2.26. The maximum atomic E-state index is 10.6. The van der Waals surface area contributed by atoms with Gasteiger partial charge in [0.25, 0.3) is 0 Å². The van der Waals surface area contributed by atoms with E-state index in [0.717, 1.165) is 18.7 Å². The van der Waals surface area contributed by atoms with Gasteiger partial charge in [-0.2, -0.15) is 0 Å². The Balaban J connectivity index is 2.03. The molecule has 20 heavy (non-hydrogen) atoms. The molecule has 1 aliphatic rings. The van der Waals surface area contributed by atoms with E-state index in [4.69, 9.17) is 0 Å². The first-order valence-corrected chi connectivity index (χ1v) is 7.71. The normalized spacial score (nSPS) is 19.6. The number of hydrogen-bond donors (Lipinski definition) is 2. The van der Waals surface area contributed by atoms with Gasteiger partial charge in [-0.15, -0.1) is 0 Å². The second-order valence-electron chi connectivity index (χ2n) is 6.44. The number of aromatic hydroxyl groups is 1. The van der Waals surface area contributed by atoms with E-state index in [9.17, 15) is 10.2 Å². The Morgan fingerprint density at radius 2 is 1.80 bits per heavy atom. The second kappa shape index (κ2) is 6.59. The van der Waals surface area contributed by atoms with Crippen molar-refractivity contribution in [3.63, 3.8) is 0 Å². The summed E-state index contributed by atoms with van der Waals surface area (Å²) in [7, 11) is 0. The predicted molar refractivity (Wildman–Crippen MR) is 81.9 cm³/mol. The summed E-state index contributed by atoms with van der Waals surface area (Å²) in [6.07, 6.45) is 5.20. The standard InChI is InChI=1S/C17H27NO2/c1-17(2,18-10-5-3-4-6-11-18)16(20)13-14-8-7-9-15(19)12-14/h7-9,12,16,19-20H,3-6,10-11,13H2,1-2H3. The van der Waals surface area contributed by atoms with Crippen molar-refractivity contribution in [2.75, 3.05) is 13.1 Å². The summed E-state index contributed by atoms with van der Waals surface area (Å²) in [5.74, 6) is 0.266. The van der Waals surface area contributed by atoms with Gasteiger partial charge >= 0.3 is 0 Å². The lowest BCUT2D eigenvalue weighted by molar-refractivity contribution is -0.00787. The SMILES string of the molecule is CC(C)(C(O)Cc1cccc(O)c1)N1CCCCCC1. The van der Waals surface area contributed by atoms with Crippen LogP contribution in [0, 0.1) is 0 Å². The fourth-order valence-electron chi connectivity index (χ4n) is 3.01. The molecule has 0 amide bonds. The summed E-state index contributed by atoms with van der Waals surface area (Å²) in [5, 5.41) is 20.2. The molecular weight excluding hydrogens is 250 g/mol. The van der Waals surface area contributed by atoms with Crippen LogP contribution in [0.1, 0.15) is 45.1 Å². The van der Waals surface area contributed by atoms with Crippen molar-refractivity contribution in [3.05, 3.63) is 29.8 Å². The van der Waals surface area contributed by atoms with E-state index in [2.05, 4.69) is 18.7 Å². The zero-order valence-electron chi connectivity index (χ0n) is 12.7. The van der Waals surface area contributed by atoms with Crippen LogP contribution in [0.5, 0.6) is 5.75 Å². The number of aliphatic hydroxyl groups is 1. The maximum Gasteiger partial charge on any atom is 0.115 e. The van der Waals surface area contributed by atoms with Gasteiger partial charge in [0, 0.05) is 12.0 Å². The van der Waals surface area contributed by atoms with Crippen LogP contribution < -0.4 is 0 Å². The third-order valence-electron chi connectivity index (χ3n) is 4.58. The van der Waals surface area contributed by atoms with Gasteiger partial charge in [-0.1, -0.05) is 25.0 Å². The molecule has 3 heteroatoms. The Bertz CT molecular complexity index is 423. The van der Waals surface area contributed by atoms with Crippen molar-refractivity contribution in [1.82, 2.24) is 4.90 Å². The molecule has 2 rings (SSSR count). The Hall–Kier alpha value is -1.06. The van der Waals surface area contributed by atoms with E-state index in [1.54, 1.807) is 12.1 Å². The fourth-order valence-corrected chi connectivity index (χ4v) is 3.01. The van der Waals surface area contributed by atoms with Gasteiger partial charge in [-0.25, -0.2) is 0 Å². The summed E-state index contributed by atoms with van der Waals surface area (Å²) in [5.41, 5.74) is 0.760. The van der Waals surface area contributed by atoms with Gasteiger partial charge in [0.1, 0.15) is 5.75 Å². The van der Waals surface area contributed by atoms with Crippen LogP contribution in [0.2, 0.25) is 0 Å². The van der Waals surface area contributed by atoms with E-state index >= 15 is 0 Å². The number of phenolic OH excluding ortho intramolecular Hbond substituents is 1. The Labute approximate surface area is 122 Å². The van der Waals surface area contributed by atoms with Crippen molar-refractivity contribution < 1.29 is 10.2 Å². The highest BCUT2D eigenvalue weighted by atomic mass is 16.3. The minimum atomic E-state index is -0.428. The first kappa shape index (κ1) is 15.3. The summed E-state index contributed by atoms with van der Waals surface area (Å²) in [6, 6.07) is 7.19. The summed E-state index contributed by atoms with van der Waals surface area (Å²) in [4.78, 5) is 2.42. The number of aliphatic hydroxyl groups excluding tert-OH is 1. The molecule has 1 aromatic carbocycles. The van der Waals surface area contributed by atoms with E-state index in [-0.39, 0.29) is 11.3 Å². The molecule has 1 unspecified atom stereocenters. The van der Waals surface area contributed by atoms with Crippen LogP contribution >= 0.6 is 0 Å². The average Bonchev–Trinajstić information content (AvgIpc) is 2.67. The number of likely N-dealkylation sites (tertiary alicyclic amines) is 1. The summed E-state index contributed by atoms with van der Waals surface area (Å²) < 4.78 is 0. The molecule has 0 aromatic heterocycles. The molecule has 1 aliphatic heterocycles. The summed E-state index contributed by atoms with van der Waals surface area (Å²) >= 11 is 0. The quantitative estimate of drug-likeness (QED) is 0.889. The molecule has 1 fully saturated rings. The topological polar surface area (TPSA) is 43.7 Å². The fraction of sp³-hybridized carbons (Fsp3) is 0.647. The van der Waals surface area contributed by atoms with E-state index < -0.39 is 6.10 Å². The van der Waals surface area contributed by atoms with Crippen molar-refractivity contribution in [2.45, 2.75) is 57.6 Å². The summed E-state index contributed by atoms with van der Waals surface area (Å²) in [6.45, 7) is 6.41. The van der Waals surface area contributed by atoms with Gasteiger partial charge in [0.2, 0.25) is 0 Å². The van der Waals surface area contributed by atoms with Crippen LogP contribution in [-0.4, -0.2) is 39.8 Å². The van der Waals surface area contributed by atoms with Crippen molar-refractivity contribution in [2.24, 2.45) is 0 Å². The average molecular weight is 277 g/mol. The largest absolute Gasteiger partial charge is 0.508 e. The van der Waals surface area contributed by atoms with Crippen molar-refractivity contribution >= 4 is 0 Å². The highest BCUT2D eigenvalue weighted by molar-refractivity contribution is 5.27. The van der Waals surface area contributed by atoms with Gasteiger partial charge in [-0.3, -0.25) is 4.90 Å². The number of phenols is 1. The Morgan fingerprint density at radius 1 is 1.15 bits per heavy atom. The second-order valence-corrected chi connectivity index (χ2v) is 6.44. The van der Waals surface area contributed by atoms with Crippen LogP contribution in [0.15, 0.2) is 24.3 Å². The molecule has 3 nitrogen and oxygen atoms in total. The molecule has 2 N–H and O–H groups in total. The van der Waals surface area contributed by atoms with Gasteiger partial charge < -0.3 is 10.2 Å². The molecule has 112 valence electrons. The molecular formula is C17H27NO2. The molecule has 1 heterocycles. The van der Waals surface area contributed by atoms with Crippen LogP contribution in [0.3, 0.4) is 0 Å². The number of benzene rings is 1. The molecule has 0 radical (unpaired) electrons. The zero-order chi connectivity index (χ0) is 14.6. The smallest absolute Gasteiger partial charge is 0.115 e. The monoisotopic (exact) mass is 277 g/mol. The first-order chi connectivity index (χ1) is 9.50. The minimum absolute atomic E-state index is 0.226. The molecule has 1 atom stereocenters. The van der Waals surface area contributed by atoms with Crippen LogP contribution in [0.25, 0.3) is 0 Å². The maximum absolute atomic E-state index is 10.6. The number of hydrogen-bond acceptors (Lipinski definition) is 3. The van der Waals surface area contributed by atoms with Gasteiger partial charge in [0.05, 0.1) is 6.10 Å². The van der Waals surface area contributed by atoms with E-state index in [1.165, 1.54) is 25.7 Å². The third kappa shape index (κ3) is 3.74. The van der Waals surface area contributed by atoms with E-state index in [0.29, 0.717) is 6.42 Å². The lowest BCUT2D eigenvalue weighted by atomic mass is 9.89. The van der Waals surface area contributed by atoms with Crippen LogP contribution in [0.4, 0.5) is 0 Å². The highest BCUT2D eigenvalue weighted by Gasteiger charge is 2.34. The van der Waals surface area contributed by atoms with E-state index in [1.807, 2.05) is 12.1 Å². The lowest BCUT2D eigenvalue weighted by Gasteiger charge is -2.41. The first-order valence-electron chi connectivity index (χ1n) is 7.71. The minimum Gasteiger partial charge on any atom is -0.508 e. The Kier molecular flexibility index (Phi) is 5.06. The molecule has 0 spiro atoms. The molecule has 1 aromatic rings. The van der Waals surface area contributed by atoms with Gasteiger partial charge in [0.15, 0.2) is 0 Å². The molecule has 0 bridgehead atoms. The number of rotatable bonds is 4. The Morgan fingerprint density at radius 3 is 2.40 bits per heavy atom. The van der Waals surface area contributed by atoms with Crippen molar-refractivity contribution in [1.29, 1.82) is 0 Å². The molecule has 0 saturated carbocycles. The lowest BCUT2D eigenvalue weighted by Crippen LogP contribution is -2.53. The number of nitrogens with zero attached hydrogens (tertiary/aromatic N) is 1. The predicted octanol–water partition coefficient (Wildman–Crippen LogP) is 2.95. The zero-order valence-corrected chi connectivity index (χ0v) is 12.7. The van der Waals surface area contributed by atoms with Crippen LogP contribution in [-0.2, 0) is 6.42 Å². The van der Waals surface area contributed by atoms with Gasteiger partial charge in [-0.05, 0) is 57.5 Å². The third-order valence-corrected chi connectivity index (χ3v) is 4.58. The molecule has 1 saturated heterocycles.